The van der Waals surface area contributed by atoms with Crippen molar-refractivity contribution in [3.8, 4) is 0 Å². The average Bonchev–Trinajstić information content (AvgIpc) is 2.84. The molecule has 0 aromatic heterocycles. The van der Waals surface area contributed by atoms with E-state index in [1.807, 2.05) is 11.9 Å². The zero-order valence-corrected chi connectivity index (χ0v) is 10.5. The predicted molar refractivity (Wildman–Crippen MR) is 64.8 cm³/mol. The minimum absolute atomic E-state index is 0.0815. The lowest BCUT2D eigenvalue weighted by Gasteiger charge is -2.31. The van der Waals surface area contributed by atoms with Gasteiger partial charge in [-0.2, -0.15) is 0 Å². The molecule has 4 nitrogen and oxygen atoms in total. The third kappa shape index (κ3) is 2.28. The maximum Gasteiger partial charge on any atom is 0.317 e. The largest absolute Gasteiger partial charge is 0.373 e. The SMILES string of the molecule is CN(CC1CCC1)C(=O)NC1CC2CCC1O2. The first-order valence-electron chi connectivity index (χ1n) is 6.89. The van der Waals surface area contributed by atoms with Gasteiger partial charge in [-0.05, 0) is 38.0 Å². The van der Waals surface area contributed by atoms with Crippen LogP contribution in [0.2, 0.25) is 0 Å². The molecule has 17 heavy (non-hydrogen) atoms. The fourth-order valence-electron chi connectivity index (χ4n) is 3.20. The van der Waals surface area contributed by atoms with Gasteiger partial charge in [0.15, 0.2) is 0 Å². The van der Waals surface area contributed by atoms with Crippen LogP contribution >= 0.6 is 0 Å². The van der Waals surface area contributed by atoms with Crippen LogP contribution in [0.3, 0.4) is 0 Å². The van der Waals surface area contributed by atoms with Crippen LogP contribution < -0.4 is 5.32 Å². The van der Waals surface area contributed by atoms with Crippen LogP contribution in [0, 0.1) is 5.92 Å². The zero-order valence-electron chi connectivity index (χ0n) is 10.5. The Kier molecular flexibility index (Phi) is 2.99. The van der Waals surface area contributed by atoms with Gasteiger partial charge in [-0.15, -0.1) is 0 Å². The van der Waals surface area contributed by atoms with E-state index < -0.39 is 0 Å². The van der Waals surface area contributed by atoms with E-state index in [2.05, 4.69) is 5.32 Å². The highest BCUT2D eigenvalue weighted by Gasteiger charge is 2.41. The highest BCUT2D eigenvalue weighted by molar-refractivity contribution is 5.74. The summed E-state index contributed by atoms with van der Waals surface area (Å²) in [6.07, 6.45) is 7.89. The molecule has 2 saturated heterocycles. The van der Waals surface area contributed by atoms with Crippen LogP contribution in [-0.2, 0) is 4.74 Å². The Labute approximate surface area is 103 Å². The summed E-state index contributed by atoms with van der Waals surface area (Å²) in [4.78, 5) is 13.9. The molecule has 1 N–H and O–H groups in total. The lowest BCUT2D eigenvalue weighted by atomic mass is 9.85. The fraction of sp³-hybridized carbons (Fsp3) is 0.923. The number of rotatable bonds is 3. The molecule has 0 spiro atoms. The van der Waals surface area contributed by atoms with Crippen molar-refractivity contribution < 1.29 is 9.53 Å². The maximum absolute atomic E-state index is 12.0. The van der Waals surface area contributed by atoms with E-state index in [1.165, 1.54) is 25.7 Å². The van der Waals surface area contributed by atoms with Crippen molar-refractivity contribution in [2.45, 2.75) is 56.8 Å². The number of hydrogen-bond donors (Lipinski definition) is 1. The first-order chi connectivity index (χ1) is 8.22. The van der Waals surface area contributed by atoms with Crippen LogP contribution in [-0.4, -0.2) is 42.8 Å². The Hall–Kier alpha value is -0.770. The lowest BCUT2D eigenvalue weighted by molar-refractivity contribution is 0.0968. The molecule has 2 aliphatic heterocycles. The third-order valence-corrected chi connectivity index (χ3v) is 4.52. The second kappa shape index (κ2) is 4.48. The summed E-state index contributed by atoms with van der Waals surface area (Å²) in [6, 6.07) is 0.336. The first-order valence-corrected chi connectivity index (χ1v) is 6.89. The highest BCUT2D eigenvalue weighted by atomic mass is 16.5. The van der Waals surface area contributed by atoms with Gasteiger partial charge in [0.25, 0.3) is 0 Å². The van der Waals surface area contributed by atoms with E-state index in [-0.39, 0.29) is 18.2 Å². The average molecular weight is 238 g/mol. The van der Waals surface area contributed by atoms with Gasteiger partial charge in [-0.25, -0.2) is 4.79 Å². The molecule has 3 unspecified atom stereocenters. The molecule has 3 rings (SSSR count). The summed E-state index contributed by atoms with van der Waals surface area (Å²) < 4.78 is 5.75. The fourth-order valence-corrected chi connectivity index (χ4v) is 3.20. The number of nitrogens with zero attached hydrogens (tertiary/aromatic N) is 1. The van der Waals surface area contributed by atoms with Crippen LogP contribution in [0.4, 0.5) is 4.79 Å². The summed E-state index contributed by atoms with van der Waals surface area (Å²) in [6.45, 7) is 0.910. The van der Waals surface area contributed by atoms with Gasteiger partial charge in [-0.3, -0.25) is 0 Å². The number of ether oxygens (including phenoxy) is 1. The number of carbonyl (C=O) groups excluding carboxylic acids is 1. The molecule has 0 aromatic rings. The van der Waals surface area contributed by atoms with Crippen molar-refractivity contribution in [2.75, 3.05) is 13.6 Å². The van der Waals surface area contributed by atoms with E-state index in [9.17, 15) is 4.79 Å². The molecule has 3 atom stereocenters. The van der Waals surface area contributed by atoms with Crippen molar-refractivity contribution in [2.24, 2.45) is 5.92 Å². The van der Waals surface area contributed by atoms with Crippen LogP contribution in [0.25, 0.3) is 0 Å². The molecule has 3 aliphatic rings. The predicted octanol–water partition coefficient (Wildman–Crippen LogP) is 1.75. The molecule has 2 bridgehead atoms. The quantitative estimate of drug-likeness (QED) is 0.814. The van der Waals surface area contributed by atoms with Gasteiger partial charge in [0, 0.05) is 13.6 Å². The topological polar surface area (TPSA) is 41.6 Å². The molecule has 1 aliphatic carbocycles. The van der Waals surface area contributed by atoms with Crippen LogP contribution in [0.15, 0.2) is 0 Å². The minimum atomic E-state index is 0.0815. The van der Waals surface area contributed by atoms with Gasteiger partial charge in [0.2, 0.25) is 0 Å². The van der Waals surface area contributed by atoms with Crippen molar-refractivity contribution in [3.05, 3.63) is 0 Å². The highest BCUT2D eigenvalue weighted by Crippen LogP contribution is 2.34. The summed E-state index contributed by atoms with van der Waals surface area (Å²) in [7, 11) is 1.90. The van der Waals surface area contributed by atoms with E-state index in [1.54, 1.807) is 0 Å². The number of hydrogen-bond acceptors (Lipinski definition) is 2. The third-order valence-electron chi connectivity index (χ3n) is 4.52. The van der Waals surface area contributed by atoms with Crippen molar-refractivity contribution >= 4 is 6.03 Å². The molecule has 2 heterocycles. The van der Waals surface area contributed by atoms with Gasteiger partial charge < -0.3 is 15.0 Å². The van der Waals surface area contributed by atoms with Crippen LogP contribution in [0.5, 0.6) is 0 Å². The Morgan fingerprint density at radius 2 is 2.18 bits per heavy atom. The van der Waals surface area contributed by atoms with Gasteiger partial charge in [0.05, 0.1) is 18.2 Å². The van der Waals surface area contributed by atoms with E-state index in [0.717, 1.165) is 25.3 Å². The van der Waals surface area contributed by atoms with E-state index >= 15 is 0 Å². The smallest absolute Gasteiger partial charge is 0.317 e. The number of fused-ring (bicyclic) bond motifs is 2. The Morgan fingerprint density at radius 3 is 2.71 bits per heavy atom. The molecule has 2 amide bonds. The summed E-state index contributed by atoms with van der Waals surface area (Å²) >= 11 is 0. The number of urea groups is 1. The number of amides is 2. The lowest BCUT2D eigenvalue weighted by Crippen LogP contribution is -2.48. The van der Waals surface area contributed by atoms with Crippen LogP contribution in [0.1, 0.15) is 38.5 Å². The molecule has 1 saturated carbocycles. The molecular formula is C13H22N2O2. The van der Waals surface area contributed by atoms with E-state index in [0.29, 0.717) is 6.10 Å². The molecule has 96 valence electrons. The first kappa shape index (κ1) is 11.3. The number of nitrogens with one attached hydrogen (secondary N) is 1. The number of carbonyl (C=O) groups is 1. The molecule has 3 fully saturated rings. The van der Waals surface area contributed by atoms with E-state index in [4.69, 9.17) is 4.74 Å². The Balaban J connectivity index is 1.46. The molecular weight excluding hydrogens is 216 g/mol. The molecule has 0 radical (unpaired) electrons. The second-order valence-corrected chi connectivity index (χ2v) is 5.84. The van der Waals surface area contributed by atoms with Gasteiger partial charge in [0.1, 0.15) is 0 Å². The minimum Gasteiger partial charge on any atom is -0.373 e. The monoisotopic (exact) mass is 238 g/mol. The molecule has 4 heteroatoms. The Bertz CT molecular complexity index is 304. The maximum atomic E-state index is 12.0. The normalized spacial score (nSPS) is 35.7. The standard InChI is InChI=1S/C13H22N2O2/c1-15(8-9-3-2-4-9)13(16)14-11-7-10-5-6-12(11)17-10/h9-12H,2-8H2,1H3,(H,14,16). The van der Waals surface area contributed by atoms with Gasteiger partial charge >= 0.3 is 6.03 Å². The summed E-state index contributed by atoms with van der Waals surface area (Å²) in [5.41, 5.74) is 0. The summed E-state index contributed by atoms with van der Waals surface area (Å²) in [5, 5.41) is 3.13. The second-order valence-electron chi connectivity index (χ2n) is 5.84. The zero-order chi connectivity index (χ0) is 11.8. The van der Waals surface area contributed by atoms with Crippen molar-refractivity contribution in [1.82, 2.24) is 10.2 Å². The summed E-state index contributed by atoms with van der Waals surface area (Å²) in [5.74, 6) is 0.738. The van der Waals surface area contributed by atoms with Gasteiger partial charge in [-0.1, -0.05) is 6.42 Å². The Morgan fingerprint density at radius 1 is 1.35 bits per heavy atom. The van der Waals surface area contributed by atoms with Crippen molar-refractivity contribution in [1.29, 1.82) is 0 Å². The van der Waals surface area contributed by atoms with Crippen molar-refractivity contribution in [3.63, 3.8) is 0 Å². The molecule has 0 aromatic carbocycles.